The Kier molecular flexibility index (Phi) is 5.44. The molecule has 1 aromatic carbocycles. The van der Waals surface area contributed by atoms with Crippen molar-refractivity contribution in [3.8, 4) is 5.75 Å². The van der Waals surface area contributed by atoms with E-state index in [1.165, 1.54) is 0 Å². The fourth-order valence-corrected chi connectivity index (χ4v) is 3.53. The number of likely N-dealkylation sites (tertiary alicyclic amines) is 1. The molecular formula is C14H23N3O3S. The molecule has 1 aliphatic heterocycles. The van der Waals surface area contributed by atoms with Crippen LogP contribution in [0.25, 0.3) is 0 Å². The number of ether oxygens (including phenoxy) is 1. The van der Waals surface area contributed by atoms with E-state index in [1.54, 1.807) is 24.3 Å². The van der Waals surface area contributed by atoms with Gasteiger partial charge < -0.3 is 15.4 Å². The molecule has 0 aliphatic carbocycles. The molecule has 0 amide bonds. The summed E-state index contributed by atoms with van der Waals surface area (Å²) in [6.07, 6.45) is 1.91. The largest absolute Gasteiger partial charge is 0.492 e. The van der Waals surface area contributed by atoms with Gasteiger partial charge in [-0.05, 0) is 50.7 Å². The zero-order chi connectivity index (χ0) is 15.3. The SMILES string of the molecule is CN1CCCC(NS(=O)(=O)CCOc2ccc(N)cc2)C1. The molecular weight excluding hydrogens is 290 g/mol. The lowest BCUT2D eigenvalue weighted by atomic mass is 10.1. The van der Waals surface area contributed by atoms with E-state index in [-0.39, 0.29) is 18.4 Å². The summed E-state index contributed by atoms with van der Waals surface area (Å²) in [5.74, 6) is 0.578. The fraction of sp³-hybridized carbons (Fsp3) is 0.571. The normalized spacial score (nSPS) is 20.3. The first-order chi connectivity index (χ1) is 9.94. The third kappa shape index (κ3) is 5.53. The number of nitrogens with zero attached hydrogens (tertiary/aromatic N) is 1. The second kappa shape index (κ2) is 7.11. The van der Waals surface area contributed by atoms with E-state index < -0.39 is 10.0 Å². The van der Waals surface area contributed by atoms with Crippen LogP contribution in [0.3, 0.4) is 0 Å². The van der Waals surface area contributed by atoms with Crippen LogP contribution in [0.15, 0.2) is 24.3 Å². The van der Waals surface area contributed by atoms with E-state index >= 15 is 0 Å². The van der Waals surface area contributed by atoms with Crippen molar-refractivity contribution in [2.24, 2.45) is 0 Å². The standard InChI is InChI=1S/C14H23N3O3S/c1-17-8-2-3-13(11-17)16-21(18,19)10-9-20-14-6-4-12(15)5-7-14/h4-7,13,16H,2-3,8-11,15H2,1H3. The number of sulfonamides is 1. The maximum Gasteiger partial charge on any atom is 0.215 e. The zero-order valence-electron chi connectivity index (χ0n) is 12.3. The van der Waals surface area contributed by atoms with Gasteiger partial charge in [-0.15, -0.1) is 0 Å². The first kappa shape index (κ1) is 16.1. The number of hydrogen-bond acceptors (Lipinski definition) is 5. The topological polar surface area (TPSA) is 84.7 Å². The number of hydrogen-bond donors (Lipinski definition) is 2. The summed E-state index contributed by atoms with van der Waals surface area (Å²) >= 11 is 0. The molecule has 0 aromatic heterocycles. The maximum absolute atomic E-state index is 12.0. The van der Waals surface area contributed by atoms with Crippen LogP contribution in [0.4, 0.5) is 5.69 Å². The van der Waals surface area contributed by atoms with E-state index in [1.807, 2.05) is 7.05 Å². The molecule has 2 rings (SSSR count). The molecule has 6 nitrogen and oxygen atoms in total. The number of nitrogens with two attached hydrogens (primary N) is 1. The second-order valence-electron chi connectivity index (χ2n) is 5.46. The second-order valence-corrected chi connectivity index (χ2v) is 7.33. The Balaban J connectivity index is 1.77. The van der Waals surface area contributed by atoms with E-state index in [0.29, 0.717) is 11.4 Å². The van der Waals surface area contributed by atoms with Crippen molar-refractivity contribution in [1.29, 1.82) is 0 Å². The van der Waals surface area contributed by atoms with Gasteiger partial charge in [0.25, 0.3) is 0 Å². The Morgan fingerprint density at radius 1 is 1.38 bits per heavy atom. The Hall–Kier alpha value is -1.31. The minimum Gasteiger partial charge on any atom is -0.492 e. The zero-order valence-corrected chi connectivity index (χ0v) is 13.1. The van der Waals surface area contributed by atoms with Crippen molar-refractivity contribution < 1.29 is 13.2 Å². The molecule has 1 aliphatic rings. The lowest BCUT2D eigenvalue weighted by molar-refractivity contribution is 0.242. The van der Waals surface area contributed by atoms with Crippen molar-refractivity contribution in [2.45, 2.75) is 18.9 Å². The summed E-state index contributed by atoms with van der Waals surface area (Å²) in [5, 5.41) is 0. The van der Waals surface area contributed by atoms with Crippen molar-refractivity contribution in [1.82, 2.24) is 9.62 Å². The molecule has 0 radical (unpaired) electrons. The molecule has 3 N–H and O–H groups in total. The number of benzene rings is 1. The first-order valence-electron chi connectivity index (χ1n) is 7.11. The summed E-state index contributed by atoms with van der Waals surface area (Å²) < 4.78 is 32.2. The summed E-state index contributed by atoms with van der Waals surface area (Å²) in [6.45, 7) is 1.92. The van der Waals surface area contributed by atoms with Crippen LogP contribution in [0, 0.1) is 0 Å². The smallest absolute Gasteiger partial charge is 0.215 e. The summed E-state index contributed by atoms with van der Waals surface area (Å²) in [4.78, 5) is 2.14. The summed E-state index contributed by atoms with van der Waals surface area (Å²) in [5.41, 5.74) is 6.23. The van der Waals surface area contributed by atoms with Gasteiger partial charge in [0.2, 0.25) is 10.0 Å². The average Bonchev–Trinajstić information content (AvgIpc) is 2.40. The molecule has 0 saturated carbocycles. The number of anilines is 1. The first-order valence-corrected chi connectivity index (χ1v) is 8.77. The predicted molar refractivity (Wildman–Crippen MR) is 83.8 cm³/mol. The lowest BCUT2D eigenvalue weighted by Crippen LogP contribution is -2.47. The number of nitrogens with one attached hydrogen (secondary N) is 1. The molecule has 1 heterocycles. The van der Waals surface area contributed by atoms with Crippen LogP contribution in [-0.2, 0) is 10.0 Å². The quantitative estimate of drug-likeness (QED) is 0.754. The average molecular weight is 313 g/mol. The van der Waals surface area contributed by atoms with Crippen molar-refractivity contribution >= 4 is 15.7 Å². The van der Waals surface area contributed by atoms with Gasteiger partial charge in [0.1, 0.15) is 12.4 Å². The minimum atomic E-state index is -3.31. The van der Waals surface area contributed by atoms with Crippen molar-refractivity contribution in [3.63, 3.8) is 0 Å². The van der Waals surface area contributed by atoms with Gasteiger partial charge in [-0.2, -0.15) is 0 Å². The highest BCUT2D eigenvalue weighted by atomic mass is 32.2. The molecule has 1 saturated heterocycles. The van der Waals surface area contributed by atoms with Gasteiger partial charge in [-0.25, -0.2) is 13.1 Å². The minimum absolute atomic E-state index is 0.00488. The van der Waals surface area contributed by atoms with Crippen LogP contribution in [0.5, 0.6) is 5.75 Å². The van der Waals surface area contributed by atoms with Gasteiger partial charge in [0, 0.05) is 18.3 Å². The van der Waals surface area contributed by atoms with Gasteiger partial charge in [0.15, 0.2) is 0 Å². The highest BCUT2D eigenvalue weighted by Crippen LogP contribution is 2.13. The fourth-order valence-electron chi connectivity index (χ4n) is 2.41. The van der Waals surface area contributed by atoms with Crippen molar-refractivity contribution in [3.05, 3.63) is 24.3 Å². The number of likely N-dealkylation sites (N-methyl/N-ethyl adjacent to an activating group) is 1. The van der Waals surface area contributed by atoms with Gasteiger partial charge >= 0.3 is 0 Å². The van der Waals surface area contributed by atoms with E-state index in [4.69, 9.17) is 10.5 Å². The third-order valence-corrected chi connectivity index (χ3v) is 4.87. The highest BCUT2D eigenvalue weighted by Gasteiger charge is 2.22. The van der Waals surface area contributed by atoms with Crippen molar-refractivity contribution in [2.75, 3.05) is 38.2 Å². The van der Waals surface area contributed by atoms with Gasteiger partial charge in [0.05, 0.1) is 5.75 Å². The van der Waals surface area contributed by atoms with E-state index in [9.17, 15) is 8.42 Å². The van der Waals surface area contributed by atoms with Crippen LogP contribution in [0.1, 0.15) is 12.8 Å². The Morgan fingerprint density at radius 2 is 2.10 bits per heavy atom. The van der Waals surface area contributed by atoms with E-state index in [0.717, 1.165) is 25.9 Å². The number of piperidine rings is 1. The highest BCUT2D eigenvalue weighted by molar-refractivity contribution is 7.89. The predicted octanol–water partition coefficient (Wildman–Crippen LogP) is 0.661. The molecule has 1 unspecified atom stereocenters. The van der Waals surface area contributed by atoms with Crippen LogP contribution >= 0.6 is 0 Å². The Labute approximate surface area is 126 Å². The Morgan fingerprint density at radius 3 is 2.76 bits per heavy atom. The summed E-state index contributed by atoms with van der Waals surface area (Å²) in [7, 11) is -1.30. The third-order valence-electron chi connectivity index (χ3n) is 3.47. The maximum atomic E-state index is 12.0. The van der Waals surface area contributed by atoms with E-state index in [2.05, 4.69) is 9.62 Å². The number of nitrogen functional groups attached to an aromatic ring is 1. The monoisotopic (exact) mass is 313 g/mol. The summed E-state index contributed by atoms with van der Waals surface area (Å²) in [6, 6.07) is 6.90. The molecule has 0 bridgehead atoms. The molecule has 0 spiro atoms. The van der Waals surface area contributed by atoms with Gasteiger partial charge in [-0.3, -0.25) is 0 Å². The molecule has 1 fully saturated rings. The van der Waals surface area contributed by atoms with Gasteiger partial charge in [-0.1, -0.05) is 0 Å². The molecule has 118 valence electrons. The van der Waals surface area contributed by atoms with Crippen LogP contribution in [0.2, 0.25) is 0 Å². The van der Waals surface area contributed by atoms with Crippen LogP contribution < -0.4 is 15.2 Å². The molecule has 21 heavy (non-hydrogen) atoms. The Bertz CT molecular complexity index is 545. The lowest BCUT2D eigenvalue weighted by Gasteiger charge is -2.29. The molecule has 1 atom stereocenters. The number of rotatable bonds is 6. The molecule has 1 aromatic rings. The molecule has 7 heteroatoms. The van der Waals surface area contributed by atoms with Crippen LogP contribution in [-0.4, -0.2) is 51.9 Å².